The zero-order valence-corrected chi connectivity index (χ0v) is 12.5. The van der Waals surface area contributed by atoms with Gasteiger partial charge in [0.1, 0.15) is 11.4 Å². The molecule has 110 valence electrons. The number of hydrogen-bond donors (Lipinski definition) is 1. The van der Waals surface area contributed by atoms with Crippen molar-refractivity contribution in [2.75, 3.05) is 5.32 Å². The average Bonchev–Trinajstić information content (AvgIpc) is 2.79. The normalized spacial score (nSPS) is 13.8. The number of aromatic nitrogens is 1. The molecule has 4 nitrogen and oxygen atoms in total. The predicted molar refractivity (Wildman–Crippen MR) is 81.4 cm³/mol. The van der Waals surface area contributed by atoms with Gasteiger partial charge in [-0.05, 0) is 56.2 Å². The predicted octanol–water partition coefficient (Wildman–Crippen LogP) is 3.35. The van der Waals surface area contributed by atoms with Crippen LogP contribution in [0.4, 0.5) is 5.69 Å². The molecule has 1 aromatic carbocycles. The van der Waals surface area contributed by atoms with Gasteiger partial charge in [-0.15, -0.1) is 0 Å². The SMILES string of the molecule is Cc1noc(C)c1NC(=O)Cc1ccc2c(c1)CCCC2. The first-order chi connectivity index (χ1) is 10.1. The molecule has 4 heteroatoms. The maximum Gasteiger partial charge on any atom is 0.228 e. The number of nitrogens with one attached hydrogen (secondary N) is 1. The molecule has 0 fully saturated rings. The highest BCUT2D eigenvalue weighted by molar-refractivity contribution is 5.93. The minimum absolute atomic E-state index is 0.0276. The monoisotopic (exact) mass is 284 g/mol. The maximum atomic E-state index is 12.2. The number of anilines is 1. The zero-order valence-electron chi connectivity index (χ0n) is 12.5. The van der Waals surface area contributed by atoms with Crippen molar-refractivity contribution in [3.63, 3.8) is 0 Å². The van der Waals surface area contributed by atoms with Crippen LogP contribution < -0.4 is 5.32 Å². The fourth-order valence-corrected chi connectivity index (χ4v) is 2.93. The summed E-state index contributed by atoms with van der Waals surface area (Å²) in [6.45, 7) is 3.62. The summed E-state index contributed by atoms with van der Waals surface area (Å²) >= 11 is 0. The molecular formula is C17H20N2O2. The molecule has 1 aromatic heterocycles. The lowest BCUT2D eigenvalue weighted by Crippen LogP contribution is -2.15. The molecule has 0 atom stereocenters. The Morgan fingerprint density at radius 1 is 1.24 bits per heavy atom. The molecular weight excluding hydrogens is 264 g/mol. The summed E-state index contributed by atoms with van der Waals surface area (Å²) in [5, 5.41) is 6.74. The van der Waals surface area contributed by atoms with Crippen molar-refractivity contribution in [1.82, 2.24) is 5.16 Å². The highest BCUT2D eigenvalue weighted by Crippen LogP contribution is 2.23. The molecule has 0 saturated heterocycles. The van der Waals surface area contributed by atoms with Gasteiger partial charge in [-0.2, -0.15) is 0 Å². The van der Waals surface area contributed by atoms with E-state index in [1.807, 2.05) is 6.92 Å². The first-order valence-electron chi connectivity index (χ1n) is 7.47. The Morgan fingerprint density at radius 2 is 2.00 bits per heavy atom. The lowest BCUT2D eigenvalue weighted by atomic mass is 9.90. The number of carbonyl (C=O) groups is 1. The van der Waals surface area contributed by atoms with E-state index >= 15 is 0 Å². The third-order valence-electron chi connectivity index (χ3n) is 4.08. The highest BCUT2D eigenvalue weighted by atomic mass is 16.5. The van der Waals surface area contributed by atoms with Crippen molar-refractivity contribution < 1.29 is 9.32 Å². The van der Waals surface area contributed by atoms with E-state index < -0.39 is 0 Å². The van der Waals surface area contributed by atoms with Gasteiger partial charge in [-0.25, -0.2) is 0 Å². The Balaban J connectivity index is 1.70. The van der Waals surface area contributed by atoms with E-state index in [2.05, 4.69) is 28.7 Å². The topological polar surface area (TPSA) is 55.1 Å². The number of rotatable bonds is 3. The van der Waals surface area contributed by atoms with Crippen LogP contribution in [0.25, 0.3) is 0 Å². The second kappa shape index (κ2) is 5.72. The minimum Gasteiger partial charge on any atom is -0.359 e. The summed E-state index contributed by atoms with van der Waals surface area (Å²) in [4.78, 5) is 12.2. The van der Waals surface area contributed by atoms with E-state index in [-0.39, 0.29) is 5.91 Å². The van der Waals surface area contributed by atoms with E-state index in [0.717, 1.165) is 12.0 Å². The Bertz CT molecular complexity index is 654. The van der Waals surface area contributed by atoms with Gasteiger partial charge >= 0.3 is 0 Å². The molecule has 0 unspecified atom stereocenters. The summed E-state index contributed by atoms with van der Waals surface area (Å²) in [5.74, 6) is 0.617. The molecule has 1 N–H and O–H groups in total. The lowest BCUT2D eigenvalue weighted by Gasteiger charge is -2.16. The van der Waals surface area contributed by atoms with Crippen molar-refractivity contribution >= 4 is 11.6 Å². The molecule has 1 amide bonds. The summed E-state index contributed by atoms with van der Waals surface area (Å²) in [6, 6.07) is 6.42. The Morgan fingerprint density at radius 3 is 2.71 bits per heavy atom. The van der Waals surface area contributed by atoms with Crippen LogP contribution in [0, 0.1) is 13.8 Å². The van der Waals surface area contributed by atoms with Crippen LogP contribution in [0.1, 0.15) is 41.0 Å². The second-order valence-electron chi connectivity index (χ2n) is 5.73. The molecule has 21 heavy (non-hydrogen) atoms. The number of carbonyl (C=O) groups excluding carboxylic acids is 1. The largest absolute Gasteiger partial charge is 0.359 e. The average molecular weight is 284 g/mol. The lowest BCUT2D eigenvalue weighted by molar-refractivity contribution is -0.115. The molecule has 1 aliphatic rings. The minimum atomic E-state index is -0.0276. The van der Waals surface area contributed by atoms with Gasteiger partial charge in [0, 0.05) is 0 Å². The van der Waals surface area contributed by atoms with Crippen LogP contribution in [0.3, 0.4) is 0 Å². The van der Waals surface area contributed by atoms with Crippen molar-refractivity contribution in [3.05, 3.63) is 46.3 Å². The fraction of sp³-hybridized carbons (Fsp3) is 0.412. The number of hydrogen-bond acceptors (Lipinski definition) is 3. The quantitative estimate of drug-likeness (QED) is 0.940. The van der Waals surface area contributed by atoms with E-state index in [9.17, 15) is 4.79 Å². The zero-order chi connectivity index (χ0) is 14.8. The molecule has 1 heterocycles. The Labute approximate surface area is 124 Å². The van der Waals surface area contributed by atoms with Crippen molar-refractivity contribution in [2.24, 2.45) is 0 Å². The molecule has 0 spiro atoms. The van der Waals surface area contributed by atoms with Gasteiger partial charge in [0.15, 0.2) is 5.76 Å². The van der Waals surface area contributed by atoms with Crippen molar-refractivity contribution in [1.29, 1.82) is 0 Å². The first-order valence-corrected chi connectivity index (χ1v) is 7.47. The Kier molecular flexibility index (Phi) is 3.78. The van der Waals surface area contributed by atoms with E-state index in [4.69, 9.17) is 4.52 Å². The van der Waals surface area contributed by atoms with E-state index in [1.165, 1.54) is 30.4 Å². The van der Waals surface area contributed by atoms with Gasteiger partial charge in [0.25, 0.3) is 0 Å². The van der Waals surface area contributed by atoms with Gasteiger partial charge < -0.3 is 9.84 Å². The fourth-order valence-electron chi connectivity index (χ4n) is 2.93. The Hall–Kier alpha value is -2.10. The number of amides is 1. The summed E-state index contributed by atoms with van der Waals surface area (Å²) in [6.07, 6.45) is 5.22. The maximum absolute atomic E-state index is 12.2. The van der Waals surface area contributed by atoms with Gasteiger partial charge in [-0.3, -0.25) is 4.79 Å². The van der Waals surface area contributed by atoms with Gasteiger partial charge in [-0.1, -0.05) is 23.4 Å². The third kappa shape index (κ3) is 2.99. The van der Waals surface area contributed by atoms with E-state index in [1.54, 1.807) is 6.92 Å². The van der Waals surface area contributed by atoms with E-state index in [0.29, 0.717) is 23.6 Å². The van der Waals surface area contributed by atoms with Crippen molar-refractivity contribution in [2.45, 2.75) is 46.0 Å². The summed E-state index contributed by atoms with van der Waals surface area (Å²) in [5.41, 5.74) is 5.32. The van der Waals surface area contributed by atoms with Crippen LogP contribution in [0.2, 0.25) is 0 Å². The van der Waals surface area contributed by atoms with Crippen LogP contribution in [-0.2, 0) is 24.1 Å². The van der Waals surface area contributed by atoms with Crippen LogP contribution in [0.15, 0.2) is 22.7 Å². The smallest absolute Gasteiger partial charge is 0.228 e. The number of benzene rings is 1. The summed E-state index contributed by atoms with van der Waals surface area (Å²) in [7, 11) is 0. The van der Waals surface area contributed by atoms with Crippen LogP contribution >= 0.6 is 0 Å². The molecule has 1 aliphatic carbocycles. The molecule has 3 rings (SSSR count). The molecule has 0 radical (unpaired) electrons. The standard InChI is InChI=1S/C17H20N2O2/c1-11-17(12(2)21-19-11)18-16(20)10-13-7-8-14-5-3-4-6-15(14)9-13/h7-9H,3-6,10H2,1-2H3,(H,18,20). The number of nitrogens with zero attached hydrogens (tertiary/aromatic N) is 1. The third-order valence-corrected chi connectivity index (χ3v) is 4.08. The van der Waals surface area contributed by atoms with Crippen LogP contribution in [0.5, 0.6) is 0 Å². The highest BCUT2D eigenvalue weighted by Gasteiger charge is 2.14. The molecule has 0 aliphatic heterocycles. The first kappa shape index (κ1) is 13.9. The molecule has 2 aromatic rings. The molecule has 0 bridgehead atoms. The number of aryl methyl sites for hydroxylation is 4. The van der Waals surface area contributed by atoms with Crippen LogP contribution in [-0.4, -0.2) is 11.1 Å². The number of fused-ring (bicyclic) bond motifs is 1. The van der Waals surface area contributed by atoms with Gasteiger partial charge in [0.2, 0.25) is 5.91 Å². The summed E-state index contributed by atoms with van der Waals surface area (Å²) < 4.78 is 5.06. The molecule has 0 saturated carbocycles. The van der Waals surface area contributed by atoms with Crippen molar-refractivity contribution in [3.8, 4) is 0 Å². The second-order valence-corrected chi connectivity index (χ2v) is 5.73. The van der Waals surface area contributed by atoms with Gasteiger partial charge in [0.05, 0.1) is 6.42 Å².